The van der Waals surface area contributed by atoms with E-state index in [0.29, 0.717) is 0 Å². The maximum Gasteiger partial charge on any atom is 0.0172 e. The van der Waals surface area contributed by atoms with E-state index in [1.807, 2.05) is 0 Å². The van der Waals surface area contributed by atoms with Crippen molar-refractivity contribution in [2.45, 2.75) is 0 Å². The van der Waals surface area contributed by atoms with Crippen LogP contribution in [0.5, 0.6) is 0 Å². The first kappa shape index (κ1) is 17.9. The third-order valence-corrected chi connectivity index (χ3v) is 0. The molecule has 0 saturated heterocycles. The minimum Gasteiger partial charge on any atom is -0.822 e. The van der Waals surface area contributed by atoms with E-state index in [1.165, 1.54) is 0 Å². The van der Waals surface area contributed by atoms with Crippen molar-refractivity contribution in [2.24, 2.45) is 0 Å². The molecule has 0 aliphatic carbocycles. The molecule has 0 heterocycles. The smallest absolute Gasteiger partial charge is 0.0172 e. The van der Waals surface area contributed by atoms with Crippen LogP contribution in [0.1, 0.15) is 0 Å². The summed E-state index contributed by atoms with van der Waals surface area (Å²) in [5, 5.41) is 16.7. The minimum atomic E-state index is -5.39. The predicted octanol–water partition coefficient (Wildman–Crippen LogP) is -8.15. The minimum absolute atomic E-state index is 2.33. The molecule has 13 heavy (non-hydrogen) atoms. The largest absolute Gasteiger partial charge is 0.822 e. The standard InChI is InChI=1S/CH2O3.H3O4P.O3Si/c2-1(3)4;1-5(2,3)4;1-4(2)3/h(H2,2,3,4);(H3,1,2,3,4);/q;;-2/p-5. The predicted molar refractivity (Wildman–Crippen MR) is 19.4 cm³/mol. The van der Waals surface area contributed by atoms with Crippen LogP contribution in [0.25, 0.3) is 0 Å². The number of hydrogen-bond acceptors (Lipinski definition) is 10. The Morgan fingerprint density at radius 2 is 1.08 bits per heavy atom. The lowest BCUT2D eigenvalue weighted by molar-refractivity contribution is -0.432. The van der Waals surface area contributed by atoms with E-state index in [0.717, 1.165) is 0 Å². The van der Waals surface area contributed by atoms with Crippen LogP contribution in [0, 0.1) is 0 Å². The highest BCUT2D eigenvalue weighted by molar-refractivity contribution is 7.40. The molecule has 0 aliphatic rings. The normalized spacial score (nSPS) is 8.23. The summed E-state index contributed by atoms with van der Waals surface area (Å²) >= 11 is 0. The molecule has 10 nitrogen and oxygen atoms in total. The Hall–Kier alpha value is -1.00. The van der Waals surface area contributed by atoms with Crippen molar-refractivity contribution in [3.05, 3.63) is 0 Å². The highest BCUT2D eigenvalue weighted by atomic mass is 31.2. The van der Waals surface area contributed by atoms with Crippen molar-refractivity contribution in [1.82, 2.24) is 0 Å². The van der Waals surface area contributed by atoms with Crippen LogP contribution >= 0.6 is 7.82 Å². The van der Waals surface area contributed by atoms with Crippen molar-refractivity contribution in [3.8, 4) is 0 Å². The van der Waals surface area contributed by atoms with Gasteiger partial charge in [-0.05, 0) is 6.16 Å². The van der Waals surface area contributed by atoms with Gasteiger partial charge in [0.2, 0.25) is 0 Å². The van der Waals surface area contributed by atoms with Crippen LogP contribution in [0.4, 0.5) is 4.79 Å². The van der Waals surface area contributed by atoms with Crippen LogP contribution in [-0.2, 0) is 9.03 Å². The molecule has 0 aromatic heterocycles. The molecule has 0 rings (SSSR count). The molecule has 12 heteroatoms. The monoisotopic (exact) mass is 231 g/mol. The topological polar surface area (TPSA) is 213 Å². The van der Waals surface area contributed by atoms with E-state index in [1.54, 1.807) is 0 Å². The zero-order valence-electron chi connectivity index (χ0n) is 5.53. The molecule has 0 spiro atoms. The Bertz CT molecular complexity index is 163. The number of carbonyl (C=O) groups is 1. The average Bonchev–Trinajstić information content (AvgIpc) is 1.50. The van der Waals surface area contributed by atoms with Crippen molar-refractivity contribution in [2.75, 3.05) is 0 Å². The van der Waals surface area contributed by atoms with Crippen molar-refractivity contribution in [3.63, 3.8) is 0 Å². The van der Waals surface area contributed by atoms with E-state index in [-0.39, 0.29) is 0 Å². The van der Waals surface area contributed by atoms with E-state index < -0.39 is 23.1 Å². The molecule has 0 N–H and O–H groups in total. The zero-order valence-corrected chi connectivity index (χ0v) is 7.42. The van der Waals surface area contributed by atoms with Gasteiger partial charge in [-0.25, -0.2) is 0 Å². The summed E-state index contributed by atoms with van der Waals surface area (Å²) in [7, 11) is -9.02. The molecular weight excluding hydrogens is 231 g/mol. The Balaban J connectivity index is -0.000000117. The van der Waals surface area contributed by atoms with Gasteiger partial charge in [-0.2, -0.15) is 7.82 Å². The SMILES string of the molecule is O=C([O-])[O-].O=P([O-])([O-])[O-].O=[Si]([O-])[O-]. The van der Waals surface area contributed by atoms with E-state index in [2.05, 4.69) is 0 Å². The van der Waals surface area contributed by atoms with Crippen LogP contribution in [0.15, 0.2) is 0 Å². The van der Waals surface area contributed by atoms with Gasteiger partial charge in [0.25, 0.3) is 0 Å². The third-order valence-electron chi connectivity index (χ3n) is 0. The summed E-state index contributed by atoms with van der Waals surface area (Å²) in [5.41, 5.74) is 0. The fraction of sp³-hybridized carbons (Fsp3) is 0. The quantitative estimate of drug-likeness (QED) is 0.283. The molecule has 0 fully saturated rings. The number of carboxylic acid groups (broad SMARTS) is 2. The molecular formula is CO10PSi-7. The molecule has 0 atom stereocenters. The van der Waals surface area contributed by atoms with Gasteiger partial charge in [-0.1, -0.05) is 0 Å². The number of carbonyl (C=O) groups excluding carboxylic acids is 1. The molecule has 80 valence electrons. The highest BCUT2D eigenvalue weighted by Crippen LogP contribution is 2.03. The second kappa shape index (κ2) is 9.09. The first-order chi connectivity index (χ1) is 5.46. The van der Waals surface area contributed by atoms with Gasteiger partial charge in [0.1, 0.15) is 0 Å². The molecule has 0 aliphatic heterocycles. The summed E-state index contributed by atoms with van der Waals surface area (Å²) in [6.07, 6.45) is -2.33. The number of phosphoric acid groups is 1. The highest BCUT2D eigenvalue weighted by Gasteiger charge is 1.44. The van der Waals surface area contributed by atoms with Crippen LogP contribution in [-0.4, -0.2) is 15.3 Å². The van der Waals surface area contributed by atoms with Crippen LogP contribution < -0.4 is 34.5 Å². The summed E-state index contributed by atoms with van der Waals surface area (Å²) in [6.45, 7) is 0. The molecule has 0 aromatic rings. The van der Waals surface area contributed by atoms with Gasteiger partial charge >= 0.3 is 0 Å². The molecule has 0 unspecified atom stereocenters. The molecule has 0 radical (unpaired) electrons. The van der Waals surface area contributed by atoms with Crippen LogP contribution in [0.3, 0.4) is 0 Å². The van der Waals surface area contributed by atoms with E-state index in [4.69, 9.17) is 48.3 Å². The third kappa shape index (κ3) is 885. The van der Waals surface area contributed by atoms with Crippen molar-refractivity contribution < 1.29 is 48.3 Å². The Morgan fingerprint density at radius 1 is 1.08 bits per heavy atom. The first-order valence-corrected chi connectivity index (χ1v) is 4.64. The van der Waals surface area contributed by atoms with E-state index >= 15 is 0 Å². The lowest BCUT2D eigenvalue weighted by Gasteiger charge is -2.36. The van der Waals surface area contributed by atoms with Gasteiger partial charge in [0.15, 0.2) is 0 Å². The number of hydrogen-bond donors (Lipinski definition) is 0. The molecule has 0 saturated carbocycles. The lowest BCUT2D eigenvalue weighted by Crippen LogP contribution is -2.37. The molecule has 0 bridgehead atoms. The maximum absolute atomic E-state index is 8.55. The van der Waals surface area contributed by atoms with Gasteiger partial charge in [0.05, 0.1) is 0 Å². The maximum atomic E-state index is 8.55. The fourth-order valence-corrected chi connectivity index (χ4v) is 0. The second-order valence-electron chi connectivity index (χ2n) is 0.947. The second-order valence-corrected chi connectivity index (χ2v) is 2.34. The Kier molecular flexibility index (Phi) is 12.5. The summed E-state index contributed by atoms with van der Waals surface area (Å²) < 4.78 is 17.1. The first-order valence-electron chi connectivity index (χ1n) is 1.96. The van der Waals surface area contributed by atoms with Gasteiger partial charge < -0.3 is 48.3 Å². The summed E-state index contributed by atoms with van der Waals surface area (Å²) in [5.74, 6) is 0. The Labute approximate surface area is 72.5 Å². The fourth-order valence-electron chi connectivity index (χ4n) is 0. The van der Waals surface area contributed by atoms with Gasteiger partial charge in [-0.15, -0.1) is 0 Å². The lowest BCUT2D eigenvalue weighted by atomic mass is 11.5. The Morgan fingerprint density at radius 3 is 1.08 bits per heavy atom. The summed E-state index contributed by atoms with van der Waals surface area (Å²) in [4.78, 5) is 51.0. The molecule has 0 amide bonds. The van der Waals surface area contributed by atoms with Gasteiger partial charge in [-0.3, -0.25) is 0 Å². The van der Waals surface area contributed by atoms with Crippen molar-refractivity contribution >= 4 is 23.1 Å². The van der Waals surface area contributed by atoms with E-state index in [9.17, 15) is 0 Å². The summed E-state index contributed by atoms with van der Waals surface area (Å²) in [6, 6.07) is 0. The van der Waals surface area contributed by atoms with Crippen LogP contribution in [0.2, 0.25) is 0 Å². The van der Waals surface area contributed by atoms with Gasteiger partial charge in [0, 0.05) is 9.17 Å². The molecule has 0 aromatic carbocycles. The van der Waals surface area contributed by atoms with Crippen molar-refractivity contribution in [1.29, 1.82) is 0 Å². The zero-order chi connectivity index (χ0) is 11.7. The number of rotatable bonds is 0. The average molecular weight is 231 g/mol.